The van der Waals surface area contributed by atoms with E-state index in [2.05, 4.69) is 192 Å². The van der Waals surface area contributed by atoms with Crippen LogP contribution in [0.3, 0.4) is 0 Å². The van der Waals surface area contributed by atoms with E-state index in [0.29, 0.717) is 0 Å². The summed E-state index contributed by atoms with van der Waals surface area (Å²) in [5.74, 6) is 0. The lowest BCUT2D eigenvalue weighted by Gasteiger charge is -2.11. The zero-order chi connectivity index (χ0) is 37.0. The summed E-state index contributed by atoms with van der Waals surface area (Å²) in [5.41, 5.74) is 17.9. The number of hydrogen-bond acceptors (Lipinski definition) is 2. The van der Waals surface area contributed by atoms with E-state index in [-0.39, 0.29) is 0 Å². The summed E-state index contributed by atoms with van der Waals surface area (Å²) in [7, 11) is 0. The van der Waals surface area contributed by atoms with Crippen LogP contribution >= 0.6 is 0 Å². The second-order valence-corrected chi connectivity index (χ2v) is 14.4. The van der Waals surface area contributed by atoms with Crippen LogP contribution in [0.1, 0.15) is 0 Å². The summed E-state index contributed by atoms with van der Waals surface area (Å²) < 4.78 is 8.40. The van der Waals surface area contributed by atoms with Crippen LogP contribution in [0.2, 0.25) is 0 Å². The Bertz CT molecular complexity index is 3260. The van der Waals surface area contributed by atoms with E-state index in [0.717, 1.165) is 33.2 Å². The van der Waals surface area contributed by atoms with Gasteiger partial charge in [0, 0.05) is 28.0 Å². The van der Waals surface area contributed by atoms with Gasteiger partial charge >= 0.3 is 0 Å². The minimum Gasteiger partial charge on any atom is -0.454 e. The predicted octanol–water partition coefficient (Wildman–Crippen LogP) is 14.4. The minimum atomic E-state index is 0.809. The maximum atomic E-state index is 6.03. The number of furan rings is 1. The van der Waals surface area contributed by atoms with Gasteiger partial charge in [-0.1, -0.05) is 121 Å². The van der Waals surface area contributed by atoms with Gasteiger partial charge in [-0.2, -0.15) is 0 Å². The molecule has 3 heteroatoms. The van der Waals surface area contributed by atoms with Gasteiger partial charge in [-0.3, -0.25) is 4.98 Å². The van der Waals surface area contributed by atoms with Gasteiger partial charge in [-0.25, -0.2) is 0 Å². The van der Waals surface area contributed by atoms with Crippen molar-refractivity contribution in [2.75, 3.05) is 0 Å². The SMILES string of the molecule is c1ccc(-n2c3ccccc3c3cc(-c4cccc(-c5cccc(-c6cccc(-c7cccc(-c8ccc9oc%10cccnc%10c9c8)c7)c6)c5)c4)ccc32)cc1. The lowest BCUT2D eigenvalue weighted by Crippen LogP contribution is -1.92. The summed E-state index contributed by atoms with van der Waals surface area (Å²) in [6.07, 6.45) is 1.82. The molecule has 0 spiro atoms. The van der Waals surface area contributed by atoms with Crippen molar-refractivity contribution in [1.82, 2.24) is 9.55 Å². The van der Waals surface area contributed by atoms with Crippen molar-refractivity contribution >= 4 is 43.9 Å². The fourth-order valence-electron chi connectivity index (χ4n) is 8.30. The molecule has 0 aliphatic carbocycles. The molecular weight excluding hydrogens is 681 g/mol. The van der Waals surface area contributed by atoms with E-state index < -0.39 is 0 Å². The number of pyridine rings is 1. The molecule has 11 aromatic rings. The van der Waals surface area contributed by atoms with Gasteiger partial charge in [-0.15, -0.1) is 0 Å². The first kappa shape index (κ1) is 32.0. The first-order chi connectivity index (χ1) is 27.7. The number of hydrogen-bond donors (Lipinski definition) is 0. The Morgan fingerprint density at radius 1 is 0.321 bits per heavy atom. The number of nitrogens with zero attached hydrogens (tertiary/aromatic N) is 2. The lowest BCUT2D eigenvalue weighted by molar-refractivity contribution is 0.668. The molecule has 11 rings (SSSR count). The fourth-order valence-corrected chi connectivity index (χ4v) is 8.30. The van der Waals surface area contributed by atoms with Gasteiger partial charge in [0.05, 0.1) is 11.0 Å². The quantitative estimate of drug-likeness (QED) is 0.172. The van der Waals surface area contributed by atoms with Crippen LogP contribution in [0.25, 0.3) is 105 Å². The number of rotatable bonds is 6. The largest absolute Gasteiger partial charge is 0.454 e. The van der Waals surface area contributed by atoms with E-state index >= 15 is 0 Å². The molecule has 0 unspecified atom stereocenters. The normalized spacial score (nSPS) is 11.6. The van der Waals surface area contributed by atoms with Crippen LogP contribution in [0.15, 0.2) is 211 Å². The molecule has 0 saturated carbocycles. The molecule has 56 heavy (non-hydrogen) atoms. The second kappa shape index (κ2) is 13.1. The Labute approximate surface area is 324 Å². The average Bonchev–Trinajstić information content (AvgIpc) is 3.82. The van der Waals surface area contributed by atoms with Gasteiger partial charge < -0.3 is 8.98 Å². The highest BCUT2D eigenvalue weighted by Crippen LogP contribution is 2.37. The van der Waals surface area contributed by atoms with Crippen LogP contribution in [0.5, 0.6) is 0 Å². The molecule has 0 N–H and O–H groups in total. The first-order valence-electron chi connectivity index (χ1n) is 19.0. The lowest BCUT2D eigenvalue weighted by atomic mass is 9.94. The van der Waals surface area contributed by atoms with Crippen molar-refractivity contribution in [3.8, 4) is 61.3 Å². The van der Waals surface area contributed by atoms with Crippen LogP contribution < -0.4 is 0 Å². The molecule has 8 aromatic carbocycles. The highest BCUT2D eigenvalue weighted by atomic mass is 16.3. The Morgan fingerprint density at radius 3 is 1.39 bits per heavy atom. The smallest absolute Gasteiger partial charge is 0.153 e. The summed E-state index contributed by atoms with van der Waals surface area (Å²) in [6, 6.07) is 71.9. The fraction of sp³-hybridized carbons (Fsp3) is 0. The van der Waals surface area contributed by atoms with Crippen molar-refractivity contribution < 1.29 is 4.42 Å². The third-order valence-electron chi connectivity index (χ3n) is 11.0. The van der Waals surface area contributed by atoms with Gasteiger partial charge in [-0.05, 0) is 134 Å². The summed E-state index contributed by atoms with van der Waals surface area (Å²) >= 11 is 0. The monoisotopic (exact) mass is 714 g/mol. The van der Waals surface area contributed by atoms with Crippen LogP contribution in [0.4, 0.5) is 0 Å². The Morgan fingerprint density at radius 2 is 0.804 bits per heavy atom. The van der Waals surface area contributed by atoms with Crippen molar-refractivity contribution in [3.63, 3.8) is 0 Å². The molecule has 0 bridgehead atoms. The van der Waals surface area contributed by atoms with Crippen molar-refractivity contribution in [3.05, 3.63) is 206 Å². The Balaban J connectivity index is 0.914. The van der Waals surface area contributed by atoms with Crippen molar-refractivity contribution in [2.24, 2.45) is 0 Å². The second-order valence-electron chi connectivity index (χ2n) is 14.4. The van der Waals surface area contributed by atoms with Crippen LogP contribution in [-0.2, 0) is 0 Å². The van der Waals surface area contributed by atoms with E-state index in [1.54, 1.807) is 0 Å². The van der Waals surface area contributed by atoms with Crippen molar-refractivity contribution in [2.45, 2.75) is 0 Å². The molecule has 0 amide bonds. The molecule has 0 saturated heterocycles. The Kier molecular flexibility index (Phi) is 7.49. The zero-order valence-electron chi connectivity index (χ0n) is 30.4. The summed E-state index contributed by atoms with van der Waals surface area (Å²) in [4.78, 5) is 4.59. The van der Waals surface area contributed by atoms with Crippen LogP contribution in [-0.4, -0.2) is 9.55 Å². The van der Waals surface area contributed by atoms with E-state index in [1.807, 2.05) is 24.4 Å². The molecular formula is C53H34N2O. The Hall–Kier alpha value is -7.49. The molecule has 3 heterocycles. The van der Waals surface area contributed by atoms with Gasteiger partial charge in [0.2, 0.25) is 0 Å². The molecule has 0 aliphatic rings. The third kappa shape index (κ3) is 5.49. The third-order valence-corrected chi connectivity index (χ3v) is 11.0. The topological polar surface area (TPSA) is 31.0 Å². The van der Waals surface area contributed by atoms with Gasteiger partial charge in [0.1, 0.15) is 11.1 Å². The number of aromatic nitrogens is 2. The molecule has 0 fully saturated rings. The van der Waals surface area contributed by atoms with Crippen LogP contribution in [0, 0.1) is 0 Å². The predicted molar refractivity (Wildman–Crippen MR) is 233 cm³/mol. The van der Waals surface area contributed by atoms with E-state index in [4.69, 9.17) is 4.42 Å². The molecule has 3 nitrogen and oxygen atoms in total. The van der Waals surface area contributed by atoms with Gasteiger partial charge in [0.25, 0.3) is 0 Å². The molecule has 0 aliphatic heterocycles. The first-order valence-corrected chi connectivity index (χ1v) is 19.0. The zero-order valence-corrected chi connectivity index (χ0v) is 30.4. The molecule has 3 aromatic heterocycles. The number of benzene rings is 8. The standard InChI is InChI=1S/C53H34N2O/c1-2-19-45(20-3-1)55-49-22-5-4-21-46(49)47-33-43(24-26-50(47)55)41-17-8-15-39(31-41)37-13-6-11-35(29-37)36-12-7-14-38(30-36)40-16-9-18-42(32-40)44-25-27-51-48(34-44)53-52(56-51)23-10-28-54-53/h1-34H. The minimum absolute atomic E-state index is 0.809. The number of fused-ring (bicyclic) bond motifs is 6. The number of para-hydroxylation sites is 2. The molecule has 0 radical (unpaired) electrons. The van der Waals surface area contributed by atoms with E-state index in [1.165, 1.54) is 72.0 Å². The highest BCUT2D eigenvalue weighted by molar-refractivity contribution is 6.10. The maximum Gasteiger partial charge on any atom is 0.153 e. The maximum absolute atomic E-state index is 6.03. The van der Waals surface area contributed by atoms with E-state index in [9.17, 15) is 0 Å². The van der Waals surface area contributed by atoms with Gasteiger partial charge in [0.15, 0.2) is 5.58 Å². The highest BCUT2D eigenvalue weighted by Gasteiger charge is 2.14. The summed E-state index contributed by atoms with van der Waals surface area (Å²) in [6.45, 7) is 0. The van der Waals surface area contributed by atoms with Crippen molar-refractivity contribution in [1.29, 1.82) is 0 Å². The molecule has 0 atom stereocenters. The molecule has 262 valence electrons. The average molecular weight is 715 g/mol. The summed E-state index contributed by atoms with van der Waals surface area (Å²) in [5, 5.41) is 3.54.